The second-order valence-corrected chi connectivity index (χ2v) is 5.02. The molecule has 0 atom stereocenters. The minimum Gasteiger partial charge on any atom is -1.00 e. The second-order valence-electron chi connectivity index (χ2n) is 5.02. The monoisotopic (exact) mass is 308 g/mol. The largest absolute Gasteiger partial charge is 1.00 e. The third-order valence-corrected chi connectivity index (χ3v) is 3.10. The van der Waals surface area contributed by atoms with Crippen molar-refractivity contribution in [1.82, 2.24) is 0 Å². The van der Waals surface area contributed by atoms with Crippen LogP contribution in [-0.4, -0.2) is 23.7 Å². The van der Waals surface area contributed by atoms with Gasteiger partial charge in [0.2, 0.25) is 0 Å². The first-order valence-corrected chi connectivity index (χ1v) is 7.74. The van der Waals surface area contributed by atoms with Crippen LogP contribution in [-0.2, 0) is 14.3 Å². The van der Waals surface area contributed by atoms with Crippen molar-refractivity contribution >= 4 is 11.9 Å². The number of unbranched alkanes of at least 4 members (excludes halogenated alkanes) is 9. The van der Waals surface area contributed by atoms with Gasteiger partial charge in [0.25, 0.3) is 0 Å². The van der Waals surface area contributed by atoms with Crippen LogP contribution in [0.2, 0.25) is 0 Å². The molecule has 4 nitrogen and oxygen atoms in total. The Morgan fingerprint density at radius 2 is 1.38 bits per heavy atom. The minimum atomic E-state index is -1.14. The van der Waals surface area contributed by atoms with Crippen LogP contribution >= 0.6 is 0 Å². The Balaban J connectivity index is -0.00000180. The fourth-order valence-electron chi connectivity index (χ4n) is 1.95. The summed E-state index contributed by atoms with van der Waals surface area (Å²) in [5.74, 6) is -1.72. The molecule has 0 radical (unpaired) electrons. The molecule has 0 aliphatic rings. The number of carbonyl (C=O) groups excluding carboxylic acids is 1. The van der Waals surface area contributed by atoms with E-state index >= 15 is 0 Å². The molecule has 21 heavy (non-hydrogen) atoms. The summed E-state index contributed by atoms with van der Waals surface area (Å²) in [5.41, 5.74) is 0. The number of carboxylic acid groups (broad SMARTS) is 1. The Bertz CT molecular complexity index is 296. The number of hydrogen-bond donors (Lipinski definition) is 1. The van der Waals surface area contributed by atoms with E-state index in [1.807, 2.05) is 0 Å². The van der Waals surface area contributed by atoms with Crippen LogP contribution in [0.25, 0.3) is 0 Å². The number of rotatable bonds is 13. The Morgan fingerprint density at radius 3 is 1.86 bits per heavy atom. The van der Waals surface area contributed by atoms with E-state index in [0.29, 0.717) is 6.61 Å². The van der Waals surface area contributed by atoms with Crippen molar-refractivity contribution in [2.24, 2.45) is 0 Å². The van der Waals surface area contributed by atoms with Gasteiger partial charge in [0.1, 0.15) is 0 Å². The predicted molar refractivity (Wildman–Crippen MR) is 80.7 cm³/mol. The SMILES string of the molecule is CCCCCCCCCCCCOC(=O)/C=C/C(=O)O.[H-].[Na+]. The van der Waals surface area contributed by atoms with E-state index < -0.39 is 11.9 Å². The maximum atomic E-state index is 11.0. The molecule has 0 aromatic heterocycles. The number of ether oxygens (including phenoxy) is 1. The van der Waals surface area contributed by atoms with Gasteiger partial charge in [-0.25, -0.2) is 9.59 Å². The Morgan fingerprint density at radius 1 is 0.905 bits per heavy atom. The molecule has 0 aliphatic carbocycles. The number of aliphatic carboxylic acids is 1. The zero-order valence-corrected chi connectivity index (χ0v) is 15.6. The van der Waals surface area contributed by atoms with Gasteiger partial charge in [-0.2, -0.15) is 0 Å². The molecule has 0 fully saturated rings. The normalized spacial score (nSPS) is 10.3. The van der Waals surface area contributed by atoms with E-state index in [1.165, 1.54) is 51.4 Å². The van der Waals surface area contributed by atoms with Gasteiger partial charge in [0, 0.05) is 12.2 Å². The average Bonchev–Trinajstić information content (AvgIpc) is 2.42. The van der Waals surface area contributed by atoms with Crippen molar-refractivity contribution < 1.29 is 50.4 Å². The molecule has 0 rings (SSSR count). The minimum absolute atomic E-state index is 0. The molecule has 0 saturated heterocycles. The standard InChI is InChI=1S/C16H28O4.Na.H/c1-2-3-4-5-6-7-8-9-10-11-14-20-16(19)13-12-15(17)18;;/h12-13H,2-11,14H2,1H3,(H,17,18);;/q;+1;-1/b13-12+;;. The van der Waals surface area contributed by atoms with Crippen LogP contribution in [0.5, 0.6) is 0 Å². The van der Waals surface area contributed by atoms with Crippen molar-refractivity contribution in [3.8, 4) is 0 Å². The molecule has 0 heterocycles. The number of carboxylic acids is 1. The Hall–Kier alpha value is -0.320. The zero-order valence-electron chi connectivity index (χ0n) is 14.6. The maximum absolute atomic E-state index is 11.0. The van der Waals surface area contributed by atoms with Gasteiger partial charge in [0.05, 0.1) is 6.61 Å². The van der Waals surface area contributed by atoms with Crippen molar-refractivity contribution in [3.63, 3.8) is 0 Å². The van der Waals surface area contributed by atoms with Gasteiger partial charge in [0.15, 0.2) is 0 Å². The molecule has 0 bridgehead atoms. The van der Waals surface area contributed by atoms with Gasteiger partial charge in [-0.05, 0) is 6.42 Å². The first kappa shape index (κ1) is 23.0. The Labute approximate surface area is 152 Å². The maximum Gasteiger partial charge on any atom is 1.00 e. The number of carbonyl (C=O) groups is 2. The zero-order chi connectivity index (χ0) is 15.1. The van der Waals surface area contributed by atoms with E-state index in [4.69, 9.17) is 9.84 Å². The summed E-state index contributed by atoms with van der Waals surface area (Å²) in [6.07, 6.45) is 14.0. The molecule has 1 N–H and O–H groups in total. The second kappa shape index (κ2) is 17.7. The molecular formula is C16H29NaO4. The van der Waals surface area contributed by atoms with Crippen LogP contribution < -0.4 is 29.6 Å². The average molecular weight is 308 g/mol. The topological polar surface area (TPSA) is 63.6 Å². The van der Waals surface area contributed by atoms with Crippen LogP contribution in [0.4, 0.5) is 0 Å². The fourth-order valence-corrected chi connectivity index (χ4v) is 1.95. The molecule has 0 amide bonds. The summed E-state index contributed by atoms with van der Waals surface area (Å²) < 4.78 is 4.88. The summed E-state index contributed by atoms with van der Waals surface area (Å²) in [4.78, 5) is 21.2. The van der Waals surface area contributed by atoms with Gasteiger partial charge in [-0.15, -0.1) is 0 Å². The van der Waals surface area contributed by atoms with Crippen molar-refractivity contribution in [1.29, 1.82) is 0 Å². The number of hydrogen-bond acceptors (Lipinski definition) is 3. The van der Waals surface area contributed by atoms with Gasteiger partial charge in [-0.1, -0.05) is 64.7 Å². The molecule has 0 spiro atoms. The van der Waals surface area contributed by atoms with E-state index in [1.54, 1.807) is 0 Å². The van der Waals surface area contributed by atoms with Crippen LogP contribution in [0.1, 0.15) is 72.6 Å². The fraction of sp³-hybridized carbons (Fsp3) is 0.750. The third-order valence-electron chi connectivity index (χ3n) is 3.10. The van der Waals surface area contributed by atoms with E-state index in [2.05, 4.69) is 6.92 Å². The van der Waals surface area contributed by atoms with Crippen LogP contribution in [0.15, 0.2) is 12.2 Å². The molecule has 0 aliphatic heterocycles. The smallest absolute Gasteiger partial charge is 1.00 e. The van der Waals surface area contributed by atoms with E-state index in [-0.39, 0.29) is 31.0 Å². The summed E-state index contributed by atoms with van der Waals surface area (Å²) in [7, 11) is 0. The first-order valence-electron chi connectivity index (χ1n) is 7.74. The molecular weight excluding hydrogens is 279 g/mol. The van der Waals surface area contributed by atoms with Gasteiger partial charge < -0.3 is 11.3 Å². The molecule has 0 aromatic carbocycles. The van der Waals surface area contributed by atoms with Gasteiger partial charge in [-0.3, -0.25) is 0 Å². The predicted octanol–water partition coefficient (Wildman–Crippen LogP) is 1.21. The van der Waals surface area contributed by atoms with E-state index in [0.717, 1.165) is 25.0 Å². The number of esters is 1. The summed E-state index contributed by atoms with van der Waals surface area (Å²) in [6.45, 7) is 2.60. The van der Waals surface area contributed by atoms with Crippen LogP contribution in [0.3, 0.4) is 0 Å². The molecule has 0 saturated carbocycles. The Kier molecular flexibility index (Phi) is 19.4. The van der Waals surface area contributed by atoms with Crippen molar-refractivity contribution in [3.05, 3.63) is 12.2 Å². The summed E-state index contributed by atoms with van der Waals surface area (Å²) in [6, 6.07) is 0. The molecule has 5 heteroatoms. The molecule has 118 valence electrons. The molecule has 0 aromatic rings. The molecule has 0 unspecified atom stereocenters. The summed E-state index contributed by atoms with van der Waals surface area (Å²) >= 11 is 0. The first-order chi connectivity index (χ1) is 9.66. The van der Waals surface area contributed by atoms with Crippen LogP contribution in [0, 0.1) is 0 Å². The third kappa shape index (κ3) is 19.7. The van der Waals surface area contributed by atoms with E-state index in [9.17, 15) is 9.59 Å². The van der Waals surface area contributed by atoms with Crippen molar-refractivity contribution in [2.75, 3.05) is 6.61 Å². The van der Waals surface area contributed by atoms with Crippen molar-refractivity contribution in [2.45, 2.75) is 71.1 Å². The quantitative estimate of drug-likeness (QED) is 0.240. The summed E-state index contributed by atoms with van der Waals surface area (Å²) in [5, 5.41) is 8.33. The van der Waals surface area contributed by atoms with Gasteiger partial charge >= 0.3 is 41.5 Å².